The first kappa shape index (κ1) is 16.5. The highest BCUT2D eigenvalue weighted by Gasteiger charge is 2.31. The molecule has 1 aromatic rings. The number of aryl methyl sites for hydroxylation is 1. The number of likely N-dealkylation sites (tertiary alicyclic amines) is 2. The quantitative estimate of drug-likeness (QED) is 0.855. The zero-order valence-electron chi connectivity index (χ0n) is 14.6. The monoisotopic (exact) mass is 314 g/mol. The van der Waals surface area contributed by atoms with Crippen molar-refractivity contribution in [1.82, 2.24) is 9.80 Å². The van der Waals surface area contributed by atoms with Gasteiger partial charge in [-0.15, -0.1) is 0 Å². The Bertz CT molecular complexity index is 517. The molecule has 2 heterocycles. The average molecular weight is 314 g/mol. The minimum absolute atomic E-state index is 0.296. The van der Waals surface area contributed by atoms with Gasteiger partial charge in [0.2, 0.25) is 5.91 Å². The molecule has 0 saturated carbocycles. The van der Waals surface area contributed by atoms with E-state index in [2.05, 4.69) is 48.0 Å². The highest BCUT2D eigenvalue weighted by molar-refractivity contribution is 5.78. The Morgan fingerprint density at radius 2 is 1.74 bits per heavy atom. The number of carbonyl (C=O) groups excluding carboxylic acids is 1. The van der Waals surface area contributed by atoms with E-state index in [1.54, 1.807) is 0 Å². The van der Waals surface area contributed by atoms with Gasteiger partial charge in [-0.05, 0) is 57.7 Å². The fourth-order valence-electron chi connectivity index (χ4n) is 4.22. The third-order valence-electron chi connectivity index (χ3n) is 5.74. The summed E-state index contributed by atoms with van der Waals surface area (Å²) in [5.41, 5.74) is 2.38. The number of benzene rings is 1. The molecule has 2 saturated heterocycles. The molecular weight excluding hydrogens is 284 g/mol. The van der Waals surface area contributed by atoms with Crippen LogP contribution in [0.4, 0.5) is 0 Å². The van der Waals surface area contributed by atoms with Crippen molar-refractivity contribution in [1.29, 1.82) is 0 Å². The van der Waals surface area contributed by atoms with Gasteiger partial charge < -0.3 is 9.80 Å². The third-order valence-corrected chi connectivity index (χ3v) is 5.74. The lowest BCUT2D eigenvalue weighted by Gasteiger charge is -2.42. The van der Waals surface area contributed by atoms with E-state index in [1.165, 1.54) is 44.2 Å². The van der Waals surface area contributed by atoms with Crippen LogP contribution in [0, 0.1) is 12.8 Å². The molecule has 2 aliphatic heterocycles. The molecule has 0 aromatic heterocycles. The fourth-order valence-corrected chi connectivity index (χ4v) is 4.22. The van der Waals surface area contributed by atoms with Crippen LogP contribution >= 0.6 is 0 Å². The summed E-state index contributed by atoms with van der Waals surface area (Å²) in [5.74, 6) is 1.08. The number of carbonyl (C=O) groups is 1. The van der Waals surface area contributed by atoms with Crippen molar-refractivity contribution in [2.75, 3.05) is 26.7 Å². The Hall–Kier alpha value is -1.35. The lowest BCUT2D eigenvalue weighted by molar-refractivity contribution is -0.132. The minimum Gasteiger partial charge on any atom is -0.342 e. The van der Waals surface area contributed by atoms with Crippen molar-refractivity contribution in [2.45, 2.75) is 51.5 Å². The summed E-state index contributed by atoms with van der Waals surface area (Å²) in [4.78, 5) is 17.2. The van der Waals surface area contributed by atoms with Crippen LogP contribution in [-0.2, 0) is 11.2 Å². The Labute approximate surface area is 140 Å². The van der Waals surface area contributed by atoms with E-state index in [0.29, 0.717) is 12.3 Å². The second-order valence-corrected chi connectivity index (χ2v) is 7.42. The molecule has 0 aliphatic carbocycles. The van der Waals surface area contributed by atoms with Crippen molar-refractivity contribution in [2.24, 2.45) is 5.92 Å². The van der Waals surface area contributed by atoms with Crippen molar-refractivity contribution in [3.8, 4) is 0 Å². The van der Waals surface area contributed by atoms with E-state index in [1.807, 2.05) is 0 Å². The Morgan fingerprint density at radius 3 is 2.39 bits per heavy atom. The molecule has 3 heteroatoms. The van der Waals surface area contributed by atoms with Gasteiger partial charge in [-0.3, -0.25) is 4.79 Å². The molecular formula is C20H30N2O. The molecule has 1 amide bonds. The average Bonchev–Trinajstić information content (AvgIpc) is 2.57. The van der Waals surface area contributed by atoms with Gasteiger partial charge in [-0.2, -0.15) is 0 Å². The highest BCUT2D eigenvalue weighted by atomic mass is 16.2. The van der Waals surface area contributed by atoms with Crippen LogP contribution in [0.25, 0.3) is 0 Å². The molecule has 23 heavy (non-hydrogen) atoms. The maximum absolute atomic E-state index is 12.5. The number of hydrogen-bond donors (Lipinski definition) is 0. The van der Waals surface area contributed by atoms with Crippen LogP contribution in [0.5, 0.6) is 0 Å². The first-order chi connectivity index (χ1) is 11.1. The summed E-state index contributed by atoms with van der Waals surface area (Å²) in [5, 5.41) is 0. The largest absolute Gasteiger partial charge is 0.342 e. The van der Waals surface area contributed by atoms with Gasteiger partial charge in [0.1, 0.15) is 0 Å². The second-order valence-electron chi connectivity index (χ2n) is 7.42. The predicted molar refractivity (Wildman–Crippen MR) is 94.5 cm³/mol. The van der Waals surface area contributed by atoms with Gasteiger partial charge in [0, 0.05) is 19.1 Å². The van der Waals surface area contributed by atoms with Crippen LogP contribution in [0.1, 0.15) is 43.2 Å². The van der Waals surface area contributed by atoms with Crippen LogP contribution in [0.15, 0.2) is 24.3 Å². The summed E-state index contributed by atoms with van der Waals surface area (Å²) >= 11 is 0. The Kier molecular flexibility index (Phi) is 5.37. The zero-order chi connectivity index (χ0) is 16.2. The van der Waals surface area contributed by atoms with Crippen molar-refractivity contribution in [3.05, 3.63) is 35.4 Å². The molecule has 0 spiro atoms. The summed E-state index contributed by atoms with van der Waals surface area (Å²) in [6.45, 7) is 5.22. The normalized spacial score (nSPS) is 23.9. The molecule has 126 valence electrons. The van der Waals surface area contributed by atoms with E-state index in [9.17, 15) is 4.79 Å². The lowest BCUT2D eigenvalue weighted by Crippen LogP contribution is -2.47. The van der Waals surface area contributed by atoms with Gasteiger partial charge in [0.25, 0.3) is 0 Å². The van der Waals surface area contributed by atoms with E-state index in [-0.39, 0.29) is 0 Å². The molecule has 1 atom stereocenters. The van der Waals surface area contributed by atoms with E-state index in [4.69, 9.17) is 0 Å². The number of rotatable bonds is 3. The number of nitrogens with zero attached hydrogens (tertiary/aromatic N) is 2. The van der Waals surface area contributed by atoms with Gasteiger partial charge in [0.05, 0.1) is 6.42 Å². The third kappa shape index (κ3) is 4.14. The maximum atomic E-state index is 12.5. The molecule has 0 bridgehead atoms. The topological polar surface area (TPSA) is 23.6 Å². The molecule has 0 N–H and O–H groups in total. The predicted octanol–water partition coefficient (Wildman–Crippen LogP) is 3.26. The lowest BCUT2D eigenvalue weighted by atomic mass is 9.84. The molecule has 3 nitrogen and oxygen atoms in total. The first-order valence-electron chi connectivity index (χ1n) is 9.17. The van der Waals surface area contributed by atoms with E-state index in [0.717, 1.165) is 30.6 Å². The molecule has 0 unspecified atom stereocenters. The molecule has 2 aliphatic rings. The van der Waals surface area contributed by atoms with Gasteiger partial charge >= 0.3 is 0 Å². The standard InChI is InChI=1S/C20H30N2O/c1-16-6-8-17(9-7-16)15-20(23)22-13-10-18(11-14-22)19-5-3-4-12-21(19)2/h6-9,18-19H,3-5,10-15H2,1-2H3/t19-/m1/s1. The minimum atomic E-state index is 0.296. The summed E-state index contributed by atoms with van der Waals surface area (Å²) < 4.78 is 0. The van der Waals surface area contributed by atoms with Crippen LogP contribution in [0.3, 0.4) is 0 Å². The zero-order valence-corrected chi connectivity index (χ0v) is 14.6. The first-order valence-corrected chi connectivity index (χ1v) is 9.17. The van der Waals surface area contributed by atoms with Crippen LogP contribution < -0.4 is 0 Å². The fraction of sp³-hybridized carbons (Fsp3) is 0.650. The van der Waals surface area contributed by atoms with E-state index < -0.39 is 0 Å². The van der Waals surface area contributed by atoms with Crippen molar-refractivity contribution >= 4 is 5.91 Å². The molecule has 1 aromatic carbocycles. The number of amides is 1. The summed E-state index contributed by atoms with van der Waals surface area (Å²) in [6, 6.07) is 9.09. The summed E-state index contributed by atoms with van der Waals surface area (Å²) in [7, 11) is 2.28. The SMILES string of the molecule is Cc1ccc(CC(=O)N2CCC([C@H]3CCCCN3C)CC2)cc1. The van der Waals surface area contributed by atoms with Crippen LogP contribution in [0.2, 0.25) is 0 Å². The number of piperidine rings is 2. The van der Waals surface area contributed by atoms with Crippen molar-refractivity contribution in [3.63, 3.8) is 0 Å². The molecule has 0 radical (unpaired) electrons. The molecule has 2 fully saturated rings. The highest BCUT2D eigenvalue weighted by Crippen LogP contribution is 2.29. The van der Waals surface area contributed by atoms with Crippen LogP contribution in [-0.4, -0.2) is 48.4 Å². The summed E-state index contributed by atoms with van der Waals surface area (Å²) in [6.07, 6.45) is 6.97. The second kappa shape index (κ2) is 7.48. The molecule has 3 rings (SSSR count). The van der Waals surface area contributed by atoms with Gasteiger partial charge in [-0.25, -0.2) is 0 Å². The van der Waals surface area contributed by atoms with Gasteiger partial charge in [0.15, 0.2) is 0 Å². The maximum Gasteiger partial charge on any atom is 0.226 e. The Morgan fingerprint density at radius 1 is 1.04 bits per heavy atom. The van der Waals surface area contributed by atoms with Crippen molar-refractivity contribution < 1.29 is 4.79 Å². The number of hydrogen-bond acceptors (Lipinski definition) is 2. The van der Waals surface area contributed by atoms with Gasteiger partial charge in [-0.1, -0.05) is 36.2 Å². The Balaban J connectivity index is 1.50. The smallest absolute Gasteiger partial charge is 0.226 e. The van der Waals surface area contributed by atoms with E-state index >= 15 is 0 Å².